The highest BCUT2D eigenvalue weighted by Crippen LogP contribution is 2.30. The third-order valence-corrected chi connectivity index (χ3v) is 3.83. The molecule has 2 heterocycles. The van der Waals surface area contributed by atoms with Crippen LogP contribution in [0, 0.1) is 0 Å². The molecule has 1 N–H and O–H groups in total. The van der Waals surface area contributed by atoms with Crippen LogP contribution in [0.25, 0.3) is 0 Å². The van der Waals surface area contributed by atoms with Crippen molar-refractivity contribution in [3.63, 3.8) is 0 Å². The number of halogens is 5. The maximum atomic E-state index is 13.0. The summed E-state index contributed by atoms with van der Waals surface area (Å²) < 4.78 is 63.2. The summed E-state index contributed by atoms with van der Waals surface area (Å²) >= 11 is 0.771. The first-order chi connectivity index (χ1) is 9.58. The van der Waals surface area contributed by atoms with Gasteiger partial charge in [0.25, 0.3) is 5.92 Å². The number of hydrogen-bond donors (Lipinski definition) is 1. The van der Waals surface area contributed by atoms with Crippen LogP contribution in [-0.4, -0.2) is 41.3 Å². The molecule has 1 fully saturated rings. The summed E-state index contributed by atoms with van der Waals surface area (Å²) in [5.41, 5.74) is -1.02. The Labute approximate surface area is 121 Å². The molecule has 1 unspecified atom stereocenters. The highest BCUT2D eigenvalue weighted by Gasteiger charge is 2.43. The van der Waals surface area contributed by atoms with Crippen molar-refractivity contribution in [2.75, 3.05) is 13.6 Å². The van der Waals surface area contributed by atoms with Crippen molar-refractivity contribution in [1.29, 1.82) is 0 Å². The number of carbonyl (C=O) groups is 1. The van der Waals surface area contributed by atoms with Gasteiger partial charge in [-0.2, -0.15) is 13.2 Å². The van der Waals surface area contributed by atoms with Gasteiger partial charge in [0, 0.05) is 18.8 Å². The summed E-state index contributed by atoms with van der Waals surface area (Å²) in [4.78, 5) is 16.4. The van der Waals surface area contributed by atoms with Gasteiger partial charge < -0.3 is 4.90 Å². The second-order valence-corrected chi connectivity index (χ2v) is 5.75. The van der Waals surface area contributed by atoms with E-state index < -0.39 is 42.7 Å². The number of nitrogens with one attached hydrogen (secondary N) is 1. The van der Waals surface area contributed by atoms with Crippen molar-refractivity contribution in [3.05, 3.63) is 16.1 Å². The fraction of sp³-hybridized carbons (Fsp3) is 0.636. The average Bonchev–Trinajstić information content (AvgIpc) is 2.94. The predicted molar refractivity (Wildman–Crippen MR) is 64.9 cm³/mol. The third kappa shape index (κ3) is 3.88. The minimum atomic E-state index is -4.54. The van der Waals surface area contributed by atoms with Crippen LogP contribution in [0.1, 0.15) is 17.1 Å². The molecule has 0 spiro atoms. The van der Waals surface area contributed by atoms with E-state index in [4.69, 9.17) is 0 Å². The van der Waals surface area contributed by atoms with Crippen LogP contribution in [0.2, 0.25) is 0 Å². The summed E-state index contributed by atoms with van der Waals surface area (Å²) in [6, 6.07) is -1.02. The van der Waals surface area contributed by atoms with Crippen LogP contribution in [0.15, 0.2) is 5.38 Å². The molecule has 1 amide bonds. The first-order valence-electron chi connectivity index (χ1n) is 5.96. The van der Waals surface area contributed by atoms with Gasteiger partial charge >= 0.3 is 6.18 Å². The number of aromatic nitrogens is 1. The molecule has 1 saturated heterocycles. The molecule has 118 valence electrons. The summed E-state index contributed by atoms with van der Waals surface area (Å²) in [6.45, 7) is -0.726. The maximum absolute atomic E-state index is 13.0. The molecular weight excluding hydrogens is 317 g/mol. The second kappa shape index (κ2) is 5.48. The minimum Gasteiger partial charge on any atom is -0.338 e. The van der Waals surface area contributed by atoms with E-state index in [1.54, 1.807) is 0 Å². The first kappa shape index (κ1) is 16.1. The summed E-state index contributed by atoms with van der Waals surface area (Å²) in [5.74, 6) is -3.53. The molecule has 4 nitrogen and oxygen atoms in total. The number of alkyl halides is 5. The quantitative estimate of drug-likeness (QED) is 0.864. The average molecular weight is 329 g/mol. The van der Waals surface area contributed by atoms with E-state index in [1.807, 2.05) is 0 Å². The summed E-state index contributed by atoms with van der Waals surface area (Å²) in [7, 11) is 1.34. The van der Waals surface area contributed by atoms with Crippen LogP contribution < -0.4 is 5.32 Å². The zero-order valence-corrected chi connectivity index (χ0v) is 11.7. The van der Waals surface area contributed by atoms with Gasteiger partial charge in [0.2, 0.25) is 5.91 Å². The normalized spacial score (nSPS) is 21.5. The van der Waals surface area contributed by atoms with Gasteiger partial charge in [-0.25, -0.2) is 13.8 Å². The lowest BCUT2D eigenvalue weighted by Crippen LogP contribution is -2.41. The lowest BCUT2D eigenvalue weighted by molar-refractivity contribution is -0.140. The number of likely N-dealkylation sites (N-methyl/N-ethyl adjacent to an activating group) is 1. The lowest BCUT2D eigenvalue weighted by Gasteiger charge is -2.19. The molecule has 21 heavy (non-hydrogen) atoms. The Balaban J connectivity index is 1.97. The number of rotatable bonds is 3. The summed E-state index contributed by atoms with van der Waals surface area (Å²) in [6.07, 6.45) is -5.14. The molecule has 2 rings (SSSR count). The molecular formula is C11H12F5N3OS. The zero-order valence-electron chi connectivity index (χ0n) is 10.9. The van der Waals surface area contributed by atoms with Crippen molar-refractivity contribution in [1.82, 2.24) is 15.2 Å². The van der Waals surface area contributed by atoms with Crippen LogP contribution in [0.3, 0.4) is 0 Å². The van der Waals surface area contributed by atoms with E-state index in [0.29, 0.717) is 0 Å². The summed E-state index contributed by atoms with van der Waals surface area (Å²) in [5, 5.41) is 3.36. The molecule has 10 heteroatoms. The third-order valence-electron chi connectivity index (χ3n) is 3.00. The van der Waals surface area contributed by atoms with Gasteiger partial charge in [0.05, 0.1) is 19.1 Å². The van der Waals surface area contributed by atoms with Gasteiger partial charge in [-0.3, -0.25) is 10.1 Å². The van der Waals surface area contributed by atoms with Crippen LogP contribution in [0.5, 0.6) is 0 Å². The van der Waals surface area contributed by atoms with Crippen molar-refractivity contribution in [3.8, 4) is 0 Å². The Morgan fingerprint density at radius 3 is 2.71 bits per heavy atom. The Morgan fingerprint density at radius 1 is 1.57 bits per heavy atom. The van der Waals surface area contributed by atoms with E-state index in [-0.39, 0.29) is 11.6 Å². The SMILES string of the molecule is CN(Cc1nc(C(F)(F)F)cs1)C(=O)C1CC(F)(F)CN1. The standard InChI is InChI=1S/C11H12F5N3OS/c1-19(9(20)6-2-10(12,13)5-17-6)3-8-18-7(4-21-8)11(14,15)16/h4,6,17H,2-3,5H2,1H3. The van der Waals surface area contributed by atoms with Gasteiger partial charge in [-0.15, -0.1) is 11.3 Å². The highest BCUT2D eigenvalue weighted by atomic mass is 32.1. The molecule has 0 aromatic carbocycles. The maximum Gasteiger partial charge on any atom is 0.434 e. The van der Waals surface area contributed by atoms with Crippen LogP contribution in [0.4, 0.5) is 22.0 Å². The van der Waals surface area contributed by atoms with Gasteiger partial charge in [-0.1, -0.05) is 0 Å². The number of carbonyl (C=O) groups excluding carboxylic acids is 1. The van der Waals surface area contributed by atoms with E-state index in [9.17, 15) is 26.7 Å². The smallest absolute Gasteiger partial charge is 0.338 e. The molecule has 1 aliphatic rings. The minimum absolute atomic E-state index is 0.0999. The van der Waals surface area contributed by atoms with Crippen LogP contribution in [-0.2, 0) is 17.5 Å². The molecule has 1 aromatic heterocycles. The fourth-order valence-corrected chi connectivity index (χ4v) is 2.80. The molecule has 0 radical (unpaired) electrons. The Bertz CT molecular complexity index is 530. The Hall–Kier alpha value is -1.29. The van der Waals surface area contributed by atoms with Crippen molar-refractivity contribution in [2.45, 2.75) is 31.1 Å². The van der Waals surface area contributed by atoms with Gasteiger partial charge in [0.1, 0.15) is 5.01 Å². The number of nitrogens with zero attached hydrogens (tertiary/aromatic N) is 2. The van der Waals surface area contributed by atoms with Crippen molar-refractivity contribution in [2.24, 2.45) is 0 Å². The number of hydrogen-bond acceptors (Lipinski definition) is 4. The largest absolute Gasteiger partial charge is 0.434 e. The highest BCUT2D eigenvalue weighted by molar-refractivity contribution is 7.09. The molecule has 0 bridgehead atoms. The zero-order chi connectivity index (χ0) is 15.8. The van der Waals surface area contributed by atoms with Gasteiger partial charge in [-0.05, 0) is 0 Å². The lowest BCUT2D eigenvalue weighted by atomic mass is 10.2. The van der Waals surface area contributed by atoms with Crippen molar-refractivity contribution < 1.29 is 26.7 Å². The first-order valence-corrected chi connectivity index (χ1v) is 6.84. The Morgan fingerprint density at radius 2 is 2.24 bits per heavy atom. The molecule has 1 atom stereocenters. The molecule has 1 aromatic rings. The fourth-order valence-electron chi connectivity index (χ4n) is 1.95. The molecule has 0 saturated carbocycles. The monoisotopic (exact) mass is 329 g/mol. The molecule has 1 aliphatic heterocycles. The van der Waals surface area contributed by atoms with E-state index in [1.165, 1.54) is 7.05 Å². The van der Waals surface area contributed by atoms with E-state index in [0.717, 1.165) is 21.6 Å². The van der Waals surface area contributed by atoms with Gasteiger partial charge in [0.15, 0.2) is 5.69 Å². The van der Waals surface area contributed by atoms with E-state index >= 15 is 0 Å². The predicted octanol–water partition coefficient (Wildman–Crippen LogP) is 2.12. The molecule has 0 aliphatic carbocycles. The van der Waals surface area contributed by atoms with Crippen molar-refractivity contribution >= 4 is 17.2 Å². The Kier molecular flexibility index (Phi) is 4.20. The second-order valence-electron chi connectivity index (χ2n) is 4.81. The van der Waals surface area contributed by atoms with E-state index in [2.05, 4.69) is 10.3 Å². The van der Waals surface area contributed by atoms with Crippen LogP contribution >= 0.6 is 11.3 Å². The number of thiazole rings is 1. The topological polar surface area (TPSA) is 45.2 Å². The number of amides is 1.